The molecule has 0 radical (unpaired) electrons. The predicted molar refractivity (Wildman–Crippen MR) is 111 cm³/mol. The van der Waals surface area contributed by atoms with E-state index in [0.29, 0.717) is 10.2 Å². The van der Waals surface area contributed by atoms with Gasteiger partial charge >= 0.3 is 0 Å². The molecule has 138 valence electrons. The van der Waals surface area contributed by atoms with E-state index in [1.54, 1.807) is 36.4 Å². The number of aromatic nitrogens is 1. The first kappa shape index (κ1) is 19.5. The molecule has 3 aromatic rings. The Morgan fingerprint density at radius 1 is 0.963 bits per heavy atom. The number of halogens is 2. The highest BCUT2D eigenvalue weighted by atomic mass is 79.9. The third-order valence-corrected chi connectivity index (χ3v) is 6.37. The van der Waals surface area contributed by atoms with Gasteiger partial charge in [0.2, 0.25) is 0 Å². The van der Waals surface area contributed by atoms with Crippen molar-refractivity contribution in [3.05, 3.63) is 81.4 Å². The zero-order valence-electron chi connectivity index (χ0n) is 13.7. The van der Waals surface area contributed by atoms with Crippen molar-refractivity contribution in [2.75, 3.05) is 10.0 Å². The Labute approximate surface area is 173 Å². The topological polar surface area (TPSA) is 88.2 Å². The van der Waals surface area contributed by atoms with E-state index in [9.17, 15) is 13.2 Å². The summed E-state index contributed by atoms with van der Waals surface area (Å²) in [5, 5.41) is 2.73. The van der Waals surface area contributed by atoms with E-state index in [2.05, 4.69) is 46.9 Å². The zero-order chi connectivity index (χ0) is 19.4. The first-order valence-electron chi connectivity index (χ1n) is 7.65. The van der Waals surface area contributed by atoms with Crippen LogP contribution < -0.4 is 10.0 Å². The van der Waals surface area contributed by atoms with Gasteiger partial charge in [-0.1, -0.05) is 22.0 Å². The van der Waals surface area contributed by atoms with E-state index in [1.807, 2.05) is 0 Å². The molecule has 0 aliphatic rings. The van der Waals surface area contributed by atoms with Crippen molar-refractivity contribution < 1.29 is 13.2 Å². The second-order valence-electron chi connectivity index (χ2n) is 5.43. The van der Waals surface area contributed by atoms with Crippen molar-refractivity contribution in [1.29, 1.82) is 0 Å². The highest BCUT2D eigenvalue weighted by molar-refractivity contribution is 9.10. The van der Waals surface area contributed by atoms with Crippen molar-refractivity contribution in [1.82, 2.24) is 4.98 Å². The van der Waals surface area contributed by atoms with E-state index in [0.717, 1.165) is 4.47 Å². The van der Waals surface area contributed by atoms with Crippen molar-refractivity contribution in [3.63, 3.8) is 0 Å². The summed E-state index contributed by atoms with van der Waals surface area (Å²) in [5.41, 5.74) is 0.810. The van der Waals surface area contributed by atoms with Gasteiger partial charge in [-0.15, -0.1) is 0 Å². The predicted octanol–water partition coefficient (Wildman–Crippen LogP) is 4.66. The molecule has 1 amide bonds. The summed E-state index contributed by atoms with van der Waals surface area (Å²) in [7, 11) is -3.92. The number of rotatable bonds is 5. The number of nitrogens with zero attached hydrogens (tertiary/aromatic N) is 1. The molecule has 1 heterocycles. The third-order valence-electron chi connectivity index (χ3n) is 3.49. The van der Waals surface area contributed by atoms with Crippen LogP contribution in [0.5, 0.6) is 0 Å². The van der Waals surface area contributed by atoms with Crippen LogP contribution in [0.15, 0.2) is 80.7 Å². The maximum Gasteiger partial charge on any atom is 0.264 e. The fraction of sp³-hybridized carbons (Fsp3) is 0. The molecule has 1 aromatic heterocycles. The van der Waals surface area contributed by atoms with Gasteiger partial charge in [0.1, 0.15) is 10.7 Å². The lowest BCUT2D eigenvalue weighted by molar-refractivity contribution is 0.102. The first-order valence-corrected chi connectivity index (χ1v) is 10.7. The number of carbonyl (C=O) groups excluding carboxylic acids is 1. The Balaban J connectivity index is 1.87. The normalized spacial score (nSPS) is 11.0. The molecule has 0 spiro atoms. The van der Waals surface area contributed by atoms with Gasteiger partial charge in [-0.3, -0.25) is 9.52 Å². The molecule has 0 saturated carbocycles. The maximum absolute atomic E-state index is 12.7. The number of nitrogens with one attached hydrogen (secondary N) is 2. The molecule has 0 aliphatic heterocycles. The number of anilines is 2. The first-order chi connectivity index (χ1) is 12.8. The lowest BCUT2D eigenvalue weighted by Crippen LogP contribution is -2.17. The van der Waals surface area contributed by atoms with Crippen molar-refractivity contribution in [3.8, 4) is 0 Å². The van der Waals surface area contributed by atoms with Crippen LogP contribution in [0, 0.1) is 0 Å². The Bertz CT molecular complexity index is 1070. The average Bonchev–Trinajstić information content (AvgIpc) is 2.64. The molecule has 0 aliphatic carbocycles. The average molecular weight is 511 g/mol. The minimum atomic E-state index is -3.92. The van der Waals surface area contributed by atoms with Crippen molar-refractivity contribution in [2.24, 2.45) is 0 Å². The van der Waals surface area contributed by atoms with Crippen LogP contribution >= 0.6 is 31.9 Å². The van der Waals surface area contributed by atoms with E-state index in [-0.39, 0.29) is 16.3 Å². The van der Waals surface area contributed by atoms with E-state index >= 15 is 0 Å². The second-order valence-corrected chi connectivity index (χ2v) is 8.85. The molecule has 9 heteroatoms. The van der Waals surface area contributed by atoms with Gasteiger partial charge in [0, 0.05) is 26.4 Å². The minimum absolute atomic E-state index is 0.0587. The Kier molecular flexibility index (Phi) is 5.93. The molecule has 27 heavy (non-hydrogen) atoms. The number of hydrogen-bond donors (Lipinski definition) is 2. The van der Waals surface area contributed by atoms with Crippen LogP contribution in [0.3, 0.4) is 0 Å². The van der Waals surface area contributed by atoms with Crippen molar-refractivity contribution in [2.45, 2.75) is 4.90 Å². The molecule has 0 atom stereocenters. The Morgan fingerprint density at radius 2 is 1.70 bits per heavy atom. The summed E-state index contributed by atoms with van der Waals surface area (Å²) in [6, 6.07) is 16.3. The quantitative estimate of drug-likeness (QED) is 0.522. The molecule has 0 unspecified atom stereocenters. The third kappa shape index (κ3) is 4.94. The smallest absolute Gasteiger partial charge is 0.264 e. The van der Waals surface area contributed by atoms with Gasteiger partial charge in [-0.2, -0.15) is 0 Å². The van der Waals surface area contributed by atoms with Gasteiger partial charge in [-0.05, 0) is 70.5 Å². The van der Waals surface area contributed by atoms with Gasteiger partial charge in [-0.25, -0.2) is 13.4 Å². The summed E-state index contributed by atoms with van der Waals surface area (Å²) < 4.78 is 29.0. The lowest BCUT2D eigenvalue weighted by atomic mass is 10.2. The fourth-order valence-corrected chi connectivity index (χ4v) is 4.47. The summed E-state index contributed by atoms with van der Waals surface area (Å²) in [4.78, 5) is 16.4. The van der Waals surface area contributed by atoms with Gasteiger partial charge in [0.05, 0.1) is 0 Å². The number of amides is 1. The largest absolute Gasteiger partial charge is 0.322 e. The fourth-order valence-electron chi connectivity index (χ4n) is 2.20. The molecule has 2 aromatic carbocycles. The Hall–Kier alpha value is -2.23. The van der Waals surface area contributed by atoms with Crippen LogP contribution in [0.2, 0.25) is 0 Å². The van der Waals surface area contributed by atoms with Crippen LogP contribution in [-0.2, 0) is 10.0 Å². The monoisotopic (exact) mass is 509 g/mol. The number of sulfonamides is 1. The van der Waals surface area contributed by atoms with Gasteiger partial charge < -0.3 is 5.32 Å². The molecular formula is C18H13Br2N3O3S. The van der Waals surface area contributed by atoms with Crippen LogP contribution in [0.25, 0.3) is 0 Å². The Morgan fingerprint density at radius 3 is 2.37 bits per heavy atom. The van der Waals surface area contributed by atoms with E-state index in [4.69, 9.17) is 0 Å². The summed E-state index contributed by atoms with van der Waals surface area (Å²) in [6.07, 6.45) is 1.48. The zero-order valence-corrected chi connectivity index (χ0v) is 17.7. The number of hydrogen-bond acceptors (Lipinski definition) is 4. The van der Waals surface area contributed by atoms with Crippen LogP contribution in [0.1, 0.15) is 10.4 Å². The SMILES string of the molecule is O=C(Nc1ccc(Br)cc1)c1ccc(Br)c(S(=O)(=O)Nc2ccccn2)c1. The van der Waals surface area contributed by atoms with Gasteiger partial charge in [0.25, 0.3) is 15.9 Å². The molecule has 6 nitrogen and oxygen atoms in total. The highest BCUT2D eigenvalue weighted by Gasteiger charge is 2.20. The van der Waals surface area contributed by atoms with Gasteiger partial charge in [0.15, 0.2) is 0 Å². The molecule has 0 fully saturated rings. The second kappa shape index (κ2) is 8.20. The molecule has 0 bridgehead atoms. The molecule has 0 saturated heterocycles. The van der Waals surface area contributed by atoms with Crippen molar-refractivity contribution >= 4 is 59.3 Å². The summed E-state index contributed by atoms with van der Waals surface area (Å²) >= 11 is 6.55. The summed E-state index contributed by atoms with van der Waals surface area (Å²) in [5.74, 6) is -0.228. The molecule has 2 N–H and O–H groups in total. The molecule has 3 rings (SSSR count). The minimum Gasteiger partial charge on any atom is -0.322 e. The number of benzene rings is 2. The van der Waals surface area contributed by atoms with E-state index in [1.165, 1.54) is 30.5 Å². The van der Waals surface area contributed by atoms with Crippen LogP contribution in [-0.4, -0.2) is 19.3 Å². The standard InChI is InChI=1S/C18H13Br2N3O3S/c19-13-5-7-14(8-6-13)22-18(24)12-4-9-15(20)16(11-12)27(25,26)23-17-3-1-2-10-21-17/h1-11H,(H,21,23)(H,22,24). The number of pyridine rings is 1. The van der Waals surface area contributed by atoms with E-state index < -0.39 is 15.9 Å². The molecular weight excluding hydrogens is 498 g/mol. The maximum atomic E-state index is 12.7. The summed E-state index contributed by atoms with van der Waals surface area (Å²) in [6.45, 7) is 0. The van der Waals surface area contributed by atoms with Crippen LogP contribution in [0.4, 0.5) is 11.5 Å². The lowest BCUT2D eigenvalue weighted by Gasteiger charge is -2.11. The highest BCUT2D eigenvalue weighted by Crippen LogP contribution is 2.25. The number of carbonyl (C=O) groups is 1.